The Hall–Kier alpha value is -3.31. The van der Waals surface area contributed by atoms with Gasteiger partial charge in [-0.05, 0) is 53.8 Å². The van der Waals surface area contributed by atoms with Gasteiger partial charge in [-0.15, -0.1) is 0 Å². The number of para-hydroxylation sites is 1. The minimum Gasteiger partial charge on any atom is -0.484 e. The zero-order valence-electron chi connectivity index (χ0n) is 19.8. The molecule has 3 aromatic carbocycles. The van der Waals surface area contributed by atoms with Crippen LogP contribution in [0.1, 0.15) is 28.3 Å². The molecule has 0 fully saturated rings. The lowest BCUT2D eigenvalue weighted by molar-refractivity contribution is -0.123. The molecule has 172 valence electrons. The summed E-state index contributed by atoms with van der Waals surface area (Å²) in [5, 5.41) is 3.11. The summed E-state index contributed by atoms with van der Waals surface area (Å²) >= 11 is 0. The maximum Gasteiger partial charge on any atom is 0.258 e. The molecule has 33 heavy (non-hydrogen) atoms. The smallest absolute Gasteiger partial charge is 0.258 e. The minimum absolute atomic E-state index is 0.0139. The molecular weight excluding hydrogens is 410 g/mol. The largest absolute Gasteiger partial charge is 0.484 e. The predicted molar refractivity (Wildman–Crippen MR) is 134 cm³/mol. The van der Waals surface area contributed by atoms with Crippen molar-refractivity contribution in [2.24, 2.45) is 0 Å². The number of hydrogen-bond donors (Lipinski definition) is 1. The average Bonchev–Trinajstić information content (AvgIpc) is 2.84. The van der Waals surface area contributed by atoms with Crippen LogP contribution in [0, 0.1) is 6.92 Å². The number of nitrogens with one attached hydrogen (secondary N) is 1. The molecule has 0 saturated heterocycles. The Morgan fingerprint density at radius 1 is 1.00 bits per heavy atom. The molecule has 0 radical (unpaired) electrons. The van der Waals surface area contributed by atoms with Crippen LogP contribution in [0.5, 0.6) is 5.75 Å². The number of anilines is 1. The van der Waals surface area contributed by atoms with Gasteiger partial charge >= 0.3 is 0 Å². The molecule has 1 aliphatic heterocycles. The average molecular weight is 444 g/mol. The monoisotopic (exact) mass is 443 g/mol. The highest BCUT2D eigenvalue weighted by Crippen LogP contribution is 2.28. The van der Waals surface area contributed by atoms with E-state index in [2.05, 4.69) is 63.6 Å². The number of amides is 1. The number of aryl methyl sites for hydroxylation is 1. The molecule has 1 amide bonds. The number of carbonyl (C=O) groups excluding carboxylic acids is 1. The normalized spacial score (nSPS) is 14.3. The first-order valence-electron chi connectivity index (χ1n) is 11.5. The zero-order valence-corrected chi connectivity index (χ0v) is 19.8. The molecule has 0 spiro atoms. The predicted octanol–water partition coefficient (Wildman–Crippen LogP) is 4.36. The van der Waals surface area contributed by atoms with Crippen molar-refractivity contribution >= 4 is 11.6 Å². The molecule has 0 aromatic heterocycles. The summed E-state index contributed by atoms with van der Waals surface area (Å²) in [7, 11) is 4.09. The van der Waals surface area contributed by atoms with Crippen LogP contribution in [0.25, 0.3) is 0 Å². The molecular formula is C28H33N3O2. The lowest BCUT2D eigenvalue weighted by Crippen LogP contribution is -2.41. The zero-order chi connectivity index (χ0) is 23.2. The second-order valence-corrected chi connectivity index (χ2v) is 8.85. The summed E-state index contributed by atoms with van der Waals surface area (Å²) in [4.78, 5) is 17.2. The second-order valence-electron chi connectivity index (χ2n) is 8.85. The molecule has 0 bridgehead atoms. The molecule has 1 unspecified atom stereocenters. The lowest BCUT2D eigenvalue weighted by Gasteiger charge is -2.36. The molecule has 5 heteroatoms. The third-order valence-electron chi connectivity index (χ3n) is 6.34. The highest BCUT2D eigenvalue weighted by atomic mass is 16.5. The molecule has 4 rings (SSSR count). The van der Waals surface area contributed by atoms with Crippen molar-refractivity contribution in [2.75, 3.05) is 38.7 Å². The maximum atomic E-state index is 12.6. The van der Waals surface area contributed by atoms with Crippen LogP contribution in [-0.4, -0.2) is 44.6 Å². The van der Waals surface area contributed by atoms with E-state index >= 15 is 0 Å². The molecule has 1 heterocycles. The van der Waals surface area contributed by atoms with Gasteiger partial charge in [0.15, 0.2) is 6.61 Å². The first-order chi connectivity index (χ1) is 16.0. The number of fused-ring (bicyclic) bond motifs is 1. The van der Waals surface area contributed by atoms with Gasteiger partial charge < -0.3 is 15.0 Å². The molecule has 1 N–H and O–H groups in total. The van der Waals surface area contributed by atoms with Gasteiger partial charge in [0.2, 0.25) is 0 Å². The van der Waals surface area contributed by atoms with Gasteiger partial charge in [0.05, 0.1) is 6.04 Å². The molecule has 1 aliphatic rings. The Morgan fingerprint density at radius 3 is 2.42 bits per heavy atom. The van der Waals surface area contributed by atoms with Crippen molar-refractivity contribution in [1.29, 1.82) is 0 Å². The fourth-order valence-corrected chi connectivity index (χ4v) is 4.36. The SMILES string of the molecule is Cc1ccccc1OCC(=O)NCC(c1ccc(N(C)C)cc1)N1CCc2ccccc2C1. The summed E-state index contributed by atoms with van der Waals surface area (Å²) < 4.78 is 5.74. The van der Waals surface area contributed by atoms with E-state index in [0.717, 1.165) is 36.5 Å². The van der Waals surface area contributed by atoms with E-state index in [0.29, 0.717) is 6.54 Å². The minimum atomic E-state index is -0.106. The van der Waals surface area contributed by atoms with Crippen LogP contribution in [0.2, 0.25) is 0 Å². The molecule has 3 aromatic rings. The molecule has 5 nitrogen and oxygen atoms in total. The Bertz CT molecular complexity index is 1080. The molecule has 0 aliphatic carbocycles. The van der Waals surface area contributed by atoms with Gasteiger partial charge in [-0.25, -0.2) is 0 Å². The van der Waals surface area contributed by atoms with Crippen LogP contribution in [0.15, 0.2) is 72.8 Å². The lowest BCUT2D eigenvalue weighted by atomic mass is 9.96. The van der Waals surface area contributed by atoms with Gasteiger partial charge in [-0.3, -0.25) is 9.69 Å². The summed E-state index contributed by atoms with van der Waals surface area (Å²) in [5.74, 6) is 0.640. The van der Waals surface area contributed by atoms with Crippen molar-refractivity contribution in [1.82, 2.24) is 10.2 Å². The first kappa shape index (κ1) is 22.9. The second kappa shape index (κ2) is 10.5. The topological polar surface area (TPSA) is 44.8 Å². The Morgan fingerprint density at radius 2 is 1.70 bits per heavy atom. The van der Waals surface area contributed by atoms with Crippen LogP contribution < -0.4 is 15.0 Å². The summed E-state index contributed by atoms with van der Waals surface area (Å²) in [6.45, 7) is 4.38. The van der Waals surface area contributed by atoms with Crippen molar-refractivity contribution in [3.05, 3.63) is 95.1 Å². The van der Waals surface area contributed by atoms with Gasteiger partial charge in [-0.1, -0.05) is 54.6 Å². The van der Waals surface area contributed by atoms with E-state index in [4.69, 9.17) is 4.74 Å². The third-order valence-corrected chi connectivity index (χ3v) is 6.34. The van der Waals surface area contributed by atoms with Crippen LogP contribution in [-0.2, 0) is 17.8 Å². The maximum absolute atomic E-state index is 12.6. The number of carbonyl (C=O) groups is 1. The van der Waals surface area contributed by atoms with E-state index < -0.39 is 0 Å². The van der Waals surface area contributed by atoms with Gasteiger partial charge in [0.25, 0.3) is 5.91 Å². The standard InChI is InChI=1S/C28H33N3O2/c1-21-8-4-7-11-27(21)33-20-28(32)29-18-26(23-12-14-25(15-13-23)30(2)3)31-17-16-22-9-5-6-10-24(22)19-31/h4-15,26H,16-20H2,1-3H3,(H,29,32). The fourth-order valence-electron chi connectivity index (χ4n) is 4.36. The summed E-state index contributed by atoms with van der Waals surface area (Å²) in [6, 6.07) is 25.1. The van der Waals surface area contributed by atoms with Gasteiger partial charge in [-0.2, -0.15) is 0 Å². The fraction of sp³-hybridized carbons (Fsp3) is 0.321. The number of rotatable bonds is 8. The van der Waals surface area contributed by atoms with Gasteiger partial charge in [0.1, 0.15) is 5.75 Å². The molecule has 0 saturated carbocycles. The van der Waals surface area contributed by atoms with E-state index in [9.17, 15) is 4.79 Å². The number of hydrogen-bond acceptors (Lipinski definition) is 4. The van der Waals surface area contributed by atoms with E-state index in [1.54, 1.807) is 0 Å². The Kier molecular flexibility index (Phi) is 7.30. The van der Waals surface area contributed by atoms with Crippen molar-refractivity contribution in [3.8, 4) is 5.75 Å². The van der Waals surface area contributed by atoms with Crippen molar-refractivity contribution in [2.45, 2.75) is 25.9 Å². The molecule has 1 atom stereocenters. The highest BCUT2D eigenvalue weighted by molar-refractivity contribution is 5.77. The Balaban J connectivity index is 1.46. The van der Waals surface area contributed by atoms with E-state index in [-0.39, 0.29) is 18.6 Å². The quantitative estimate of drug-likeness (QED) is 0.562. The van der Waals surface area contributed by atoms with Gasteiger partial charge in [0, 0.05) is 39.4 Å². The number of nitrogens with zero attached hydrogens (tertiary/aromatic N) is 2. The van der Waals surface area contributed by atoms with E-state index in [1.165, 1.54) is 16.7 Å². The van der Waals surface area contributed by atoms with Crippen LogP contribution >= 0.6 is 0 Å². The van der Waals surface area contributed by atoms with Crippen molar-refractivity contribution in [3.63, 3.8) is 0 Å². The summed E-state index contributed by atoms with van der Waals surface area (Å²) in [6.07, 6.45) is 1.02. The highest BCUT2D eigenvalue weighted by Gasteiger charge is 2.25. The summed E-state index contributed by atoms with van der Waals surface area (Å²) in [5.41, 5.74) is 6.19. The van der Waals surface area contributed by atoms with Crippen LogP contribution in [0.4, 0.5) is 5.69 Å². The van der Waals surface area contributed by atoms with Crippen LogP contribution in [0.3, 0.4) is 0 Å². The number of benzene rings is 3. The Labute approximate surface area is 197 Å². The first-order valence-corrected chi connectivity index (χ1v) is 11.5. The number of ether oxygens (including phenoxy) is 1. The van der Waals surface area contributed by atoms with Crippen molar-refractivity contribution < 1.29 is 9.53 Å². The van der Waals surface area contributed by atoms with E-state index in [1.807, 2.05) is 45.3 Å². The third kappa shape index (κ3) is 5.74.